The molecule has 0 aliphatic carbocycles. The summed E-state index contributed by atoms with van der Waals surface area (Å²) in [5, 5.41) is 0. The van der Waals surface area contributed by atoms with Crippen molar-refractivity contribution in [3.05, 3.63) is 56.9 Å². The third-order valence-corrected chi connectivity index (χ3v) is 3.16. The number of rotatable bonds is 3. The number of hydrogen-bond donors (Lipinski definition) is 0. The lowest BCUT2D eigenvalue weighted by atomic mass is 10.2. The zero-order chi connectivity index (χ0) is 13.3. The van der Waals surface area contributed by atoms with Crippen LogP contribution in [0.1, 0.15) is 25.5 Å². The molecular weight excluding hydrogens is 299 g/mol. The number of halogens is 2. The van der Waals surface area contributed by atoms with E-state index in [4.69, 9.17) is 0 Å². The highest BCUT2D eigenvalue weighted by molar-refractivity contribution is 9.10. The standard InChI is InChI=1S/C13H14BrFN2O/c1-9(2)17-4-3-16(13(17)18)8-10-5-11(14)7-12(15)6-10/h3-7,9H,8H2,1-2H3. The van der Waals surface area contributed by atoms with Gasteiger partial charge in [-0.05, 0) is 37.6 Å². The number of imidazole rings is 1. The van der Waals surface area contributed by atoms with Crippen molar-refractivity contribution < 1.29 is 4.39 Å². The number of benzene rings is 1. The predicted molar refractivity (Wildman–Crippen MR) is 72.3 cm³/mol. The zero-order valence-corrected chi connectivity index (χ0v) is 11.8. The fraction of sp³-hybridized carbons (Fsp3) is 0.308. The molecule has 1 aromatic heterocycles. The number of nitrogens with zero attached hydrogens (tertiary/aromatic N) is 2. The summed E-state index contributed by atoms with van der Waals surface area (Å²) in [5.74, 6) is -0.310. The second kappa shape index (κ2) is 5.10. The van der Waals surface area contributed by atoms with E-state index in [0.29, 0.717) is 11.0 Å². The first-order valence-electron chi connectivity index (χ1n) is 5.69. The minimum atomic E-state index is -0.310. The molecule has 0 amide bonds. The van der Waals surface area contributed by atoms with Gasteiger partial charge in [-0.25, -0.2) is 9.18 Å². The second-order valence-electron chi connectivity index (χ2n) is 4.49. The van der Waals surface area contributed by atoms with Crippen molar-refractivity contribution in [3.63, 3.8) is 0 Å². The molecule has 2 rings (SSSR count). The van der Waals surface area contributed by atoms with Gasteiger partial charge in [-0.15, -0.1) is 0 Å². The van der Waals surface area contributed by atoms with Gasteiger partial charge in [0.2, 0.25) is 0 Å². The van der Waals surface area contributed by atoms with Gasteiger partial charge in [0.25, 0.3) is 0 Å². The van der Waals surface area contributed by atoms with E-state index in [2.05, 4.69) is 15.9 Å². The first kappa shape index (κ1) is 13.1. The van der Waals surface area contributed by atoms with E-state index in [-0.39, 0.29) is 17.5 Å². The monoisotopic (exact) mass is 312 g/mol. The Hall–Kier alpha value is -1.36. The molecular formula is C13H14BrFN2O. The maximum atomic E-state index is 13.2. The van der Waals surface area contributed by atoms with Crippen molar-refractivity contribution in [2.45, 2.75) is 26.4 Å². The Labute approximate surface area is 113 Å². The molecule has 2 aromatic rings. The first-order valence-corrected chi connectivity index (χ1v) is 6.49. The van der Waals surface area contributed by atoms with E-state index >= 15 is 0 Å². The summed E-state index contributed by atoms with van der Waals surface area (Å²) in [7, 11) is 0. The zero-order valence-electron chi connectivity index (χ0n) is 10.2. The lowest BCUT2D eigenvalue weighted by molar-refractivity contribution is 0.560. The Morgan fingerprint density at radius 3 is 2.56 bits per heavy atom. The molecule has 0 N–H and O–H groups in total. The van der Waals surface area contributed by atoms with Crippen molar-refractivity contribution in [1.29, 1.82) is 0 Å². The molecule has 0 spiro atoms. The highest BCUT2D eigenvalue weighted by atomic mass is 79.9. The molecule has 0 radical (unpaired) electrons. The highest BCUT2D eigenvalue weighted by Gasteiger charge is 2.07. The summed E-state index contributed by atoms with van der Waals surface area (Å²) >= 11 is 3.24. The van der Waals surface area contributed by atoms with E-state index in [1.165, 1.54) is 12.1 Å². The largest absolute Gasteiger partial charge is 0.328 e. The van der Waals surface area contributed by atoms with E-state index in [0.717, 1.165) is 5.56 Å². The summed E-state index contributed by atoms with van der Waals surface area (Å²) in [6.07, 6.45) is 3.47. The Kier molecular flexibility index (Phi) is 3.71. The van der Waals surface area contributed by atoms with Crippen LogP contribution in [0.3, 0.4) is 0 Å². The minimum Gasteiger partial charge on any atom is -0.297 e. The fourth-order valence-electron chi connectivity index (χ4n) is 1.84. The van der Waals surface area contributed by atoms with Crippen molar-refractivity contribution >= 4 is 15.9 Å². The number of hydrogen-bond acceptors (Lipinski definition) is 1. The summed E-state index contributed by atoms with van der Waals surface area (Å²) in [6.45, 7) is 4.27. The SMILES string of the molecule is CC(C)n1ccn(Cc2cc(F)cc(Br)c2)c1=O. The topological polar surface area (TPSA) is 26.9 Å². The van der Waals surface area contributed by atoms with Gasteiger partial charge in [0, 0.05) is 22.9 Å². The van der Waals surface area contributed by atoms with E-state index in [9.17, 15) is 9.18 Å². The maximum Gasteiger partial charge on any atom is 0.328 e. The molecule has 0 aliphatic rings. The molecule has 18 heavy (non-hydrogen) atoms. The molecule has 1 heterocycles. The normalized spacial score (nSPS) is 11.2. The van der Waals surface area contributed by atoms with Crippen LogP contribution in [0.15, 0.2) is 39.9 Å². The Morgan fingerprint density at radius 1 is 1.28 bits per heavy atom. The lowest BCUT2D eigenvalue weighted by Gasteiger charge is -2.06. The third-order valence-electron chi connectivity index (χ3n) is 2.71. The molecule has 3 nitrogen and oxygen atoms in total. The highest BCUT2D eigenvalue weighted by Crippen LogP contribution is 2.15. The Morgan fingerprint density at radius 2 is 2.00 bits per heavy atom. The van der Waals surface area contributed by atoms with Crippen LogP contribution in [-0.4, -0.2) is 9.13 Å². The van der Waals surface area contributed by atoms with Crippen LogP contribution in [0.4, 0.5) is 4.39 Å². The maximum absolute atomic E-state index is 13.2. The first-order chi connectivity index (χ1) is 8.47. The Bertz CT molecular complexity index is 595. The van der Waals surface area contributed by atoms with E-state index < -0.39 is 0 Å². The Balaban J connectivity index is 2.32. The van der Waals surface area contributed by atoms with Crippen LogP contribution in [0, 0.1) is 5.82 Å². The number of aromatic nitrogens is 2. The van der Waals surface area contributed by atoms with Gasteiger partial charge in [0.05, 0.1) is 6.54 Å². The van der Waals surface area contributed by atoms with Crippen LogP contribution < -0.4 is 5.69 Å². The molecule has 0 atom stereocenters. The summed E-state index contributed by atoms with van der Waals surface area (Å²) in [4.78, 5) is 12.0. The summed E-state index contributed by atoms with van der Waals surface area (Å²) < 4.78 is 17.1. The fourth-order valence-corrected chi connectivity index (χ4v) is 2.35. The van der Waals surface area contributed by atoms with E-state index in [1.807, 2.05) is 19.9 Å². The van der Waals surface area contributed by atoms with Crippen LogP contribution in [0.2, 0.25) is 0 Å². The van der Waals surface area contributed by atoms with Crippen LogP contribution in [-0.2, 0) is 6.54 Å². The van der Waals surface area contributed by atoms with Gasteiger partial charge >= 0.3 is 5.69 Å². The van der Waals surface area contributed by atoms with Crippen LogP contribution in [0.25, 0.3) is 0 Å². The molecule has 0 saturated carbocycles. The van der Waals surface area contributed by atoms with Crippen LogP contribution in [0.5, 0.6) is 0 Å². The minimum absolute atomic E-state index is 0.0783. The van der Waals surface area contributed by atoms with Gasteiger partial charge < -0.3 is 0 Å². The van der Waals surface area contributed by atoms with Gasteiger partial charge in [-0.2, -0.15) is 0 Å². The van der Waals surface area contributed by atoms with E-state index in [1.54, 1.807) is 21.5 Å². The molecule has 0 aliphatic heterocycles. The second-order valence-corrected chi connectivity index (χ2v) is 5.40. The predicted octanol–water partition coefficient (Wildman–Crippen LogP) is 3.18. The van der Waals surface area contributed by atoms with Crippen molar-refractivity contribution in [2.75, 3.05) is 0 Å². The quantitative estimate of drug-likeness (QED) is 0.855. The molecule has 5 heteroatoms. The molecule has 0 bridgehead atoms. The molecule has 0 fully saturated rings. The van der Waals surface area contributed by atoms with Crippen molar-refractivity contribution in [3.8, 4) is 0 Å². The van der Waals surface area contributed by atoms with Crippen LogP contribution >= 0.6 is 15.9 Å². The average molecular weight is 313 g/mol. The van der Waals surface area contributed by atoms with Gasteiger partial charge in [0.15, 0.2) is 0 Å². The average Bonchev–Trinajstić information content (AvgIpc) is 2.59. The lowest BCUT2D eigenvalue weighted by Crippen LogP contribution is -2.25. The molecule has 96 valence electrons. The van der Waals surface area contributed by atoms with Crippen molar-refractivity contribution in [1.82, 2.24) is 9.13 Å². The summed E-state index contributed by atoms with van der Waals surface area (Å²) in [6, 6.07) is 4.76. The van der Waals surface area contributed by atoms with Gasteiger partial charge in [-0.3, -0.25) is 9.13 Å². The molecule has 1 aromatic carbocycles. The van der Waals surface area contributed by atoms with Gasteiger partial charge in [0.1, 0.15) is 5.82 Å². The van der Waals surface area contributed by atoms with Gasteiger partial charge in [-0.1, -0.05) is 15.9 Å². The smallest absolute Gasteiger partial charge is 0.297 e. The molecule has 0 saturated heterocycles. The summed E-state index contributed by atoms with van der Waals surface area (Å²) in [5.41, 5.74) is 0.677. The van der Waals surface area contributed by atoms with Crippen molar-refractivity contribution in [2.24, 2.45) is 0 Å². The third kappa shape index (κ3) is 2.72. The molecule has 0 unspecified atom stereocenters.